The summed E-state index contributed by atoms with van der Waals surface area (Å²) in [7, 11) is 0. The van der Waals surface area contributed by atoms with Gasteiger partial charge in [-0.25, -0.2) is 8.78 Å². The van der Waals surface area contributed by atoms with E-state index in [-0.39, 0.29) is 0 Å². The van der Waals surface area contributed by atoms with E-state index in [1.807, 2.05) is 0 Å². The normalized spacial score (nSPS) is 18.5. The first-order valence-electron chi connectivity index (χ1n) is 5.30. The minimum atomic E-state index is -7.46. The van der Waals surface area contributed by atoms with Gasteiger partial charge in [-0.1, -0.05) is 0 Å². The van der Waals surface area contributed by atoms with E-state index in [4.69, 9.17) is 0 Å². The molecule has 15 heteroatoms. The molecule has 0 aromatic heterocycles. The number of halogens is 14. The standard InChI is InChI=1S/C9H6F14O/c1-3(10,11)5(14,15)7(18,4(2,12)13)24-9(22,23)6(16,17)8(19,20)21/h1-2H3. The van der Waals surface area contributed by atoms with Gasteiger partial charge in [0.2, 0.25) is 0 Å². The fourth-order valence-electron chi connectivity index (χ4n) is 1.12. The molecule has 1 atom stereocenters. The molecule has 0 amide bonds. The third kappa shape index (κ3) is 3.35. The van der Waals surface area contributed by atoms with Crippen LogP contribution in [0.3, 0.4) is 0 Å². The Bertz CT molecular complexity index is 454. The van der Waals surface area contributed by atoms with Gasteiger partial charge in [0.25, 0.3) is 0 Å². The Morgan fingerprint density at radius 1 is 0.500 bits per heavy atom. The molecule has 1 unspecified atom stereocenters. The van der Waals surface area contributed by atoms with Gasteiger partial charge < -0.3 is 0 Å². The lowest BCUT2D eigenvalue weighted by molar-refractivity contribution is -0.505. The lowest BCUT2D eigenvalue weighted by atomic mass is 9.98. The molecule has 0 aliphatic rings. The summed E-state index contributed by atoms with van der Waals surface area (Å²) in [5.41, 5.74) is 0. The number of hydrogen-bond donors (Lipinski definition) is 0. The molecular weight excluding hydrogens is 390 g/mol. The van der Waals surface area contributed by atoms with Crippen LogP contribution in [0.4, 0.5) is 61.5 Å². The topological polar surface area (TPSA) is 9.23 Å². The summed E-state index contributed by atoms with van der Waals surface area (Å²) in [6, 6.07) is 0. The highest BCUT2D eigenvalue weighted by molar-refractivity contribution is 5.03. The van der Waals surface area contributed by atoms with Crippen molar-refractivity contribution < 1.29 is 66.2 Å². The zero-order valence-corrected chi connectivity index (χ0v) is 11.2. The van der Waals surface area contributed by atoms with Crippen LogP contribution in [0.2, 0.25) is 0 Å². The van der Waals surface area contributed by atoms with Crippen LogP contribution in [0, 0.1) is 0 Å². The third-order valence-corrected chi connectivity index (χ3v) is 2.51. The second kappa shape index (κ2) is 5.49. The highest BCUT2D eigenvalue weighted by Crippen LogP contribution is 2.57. The van der Waals surface area contributed by atoms with Gasteiger partial charge in [-0.05, 0) is 0 Å². The van der Waals surface area contributed by atoms with E-state index >= 15 is 0 Å². The lowest BCUT2D eigenvalue weighted by Gasteiger charge is -2.42. The number of rotatable bonds is 6. The summed E-state index contributed by atoms with van der Waals surface area (Å²) in [5, 5.41) is 0. The maximum absolute atomic E-state index is 13.6. The summed E-state index contributed by atoms with van der Waals surface area (Å²) in [5.74, 6) is -33.3. The van der Waals surface area contributed by atoms with E-state index in [1.165, 1.54) is 0 Å². The predicted octanol–water partition coefficient (Wildman–Crippen LogP) is 5.40. The molecule has 146 valence electrons. The molecule has 24 heavy (non-hydrogen) atoms. The summed E-state index contributed by atoms with van der Waals surface area (Å²) < 4.78 is 178. The number of ether oxygens (including phenoxy) is 1. The smallest absolute Gasteiger partial charge is 0.267 e. The van der Waals surface area contributed by atoms with Crippen molar-refractivity contribution in [2.45, 2.75) is 55.7 Å². The lowest BCUT2D eigenvalue weighted by Crippen LogP contribution is -2.68. The van der Waals surface area contributed by atoms with Crippen LogP contribution in [0.15, 0.2) is 0 Å². The maximum Gasteiger partial charge on any atom is 0.462 e. The molecule has 0 aliphatic carbocycles. The van der Waals surface area contributed by atoms with Crippen molar-refractivity contribution in [1.29, 1.82) is 0 Å². The van der Waals surface area contributed by atoms with Crippen molar-refractivity contribution in [2.75, 3.05) is 0 Å². The van der Waals surface area contributed by atoms with Crippen LogP contribution in [0.25, 0.3) is 0 Å². The molecule has 0 aromatic rings. The van der Waals surface area contributed by atoms with E-state index in [0.29, 0.717) is 0 Å². The second-order valence-electron chi connectivity index (χ2n) is 4.64. The number of hydrogen-bond acceptors (Lipinski definition) is 1. The van der Waals surface area contributed by atoms with Gasteiger partial charge in [0.15, 0.2) is 0 Å². The molecule has 0 rings (SSSR count). The van der Waals surface area contributed by atoms with Crippen LogP contribution in [0.5, 0.6) is 0 Å². The zero-order chi connectivity index (χ0) is 20.2. The predicted molar refractivity (Wildman–Crippen MR) is 47.1 cm³/mol. The Balaban J connectivity index is 6.31. The minimum Gasteiger partial charge on any atom is -0.267 e. The fraction of sp³-hybridized carbons (Fsp3) is 1.00. The molecule has 0 N–H and O–H groups in total. The Kier molecular flexibility index (Phi) is 5.26. The van der Waals surface area contributed by atoms with Gasteiger partial charge in [0, 0.05) is 13.8 Å². The molecule has 0 fully saturated rings. The monoisotopic (exact) mass is 396 g/mol. The zero-order valence-electron chi connectivity index (χ0n) is 11.2. The average molecular weight is 396 g/mol. The fourth-order valence-corrected chi connectivity index (χ4v) is 1.12. The first-order valence-corrected chi connectivity index (χ1v) is 5.30. The first-order chi connectivity index (χ1) is 9.96. The van der Waals surface area contributed by atoms with Crippen LogP contribution < -0.4 is 0 Å². The number of alkyl halides is 14. The van der Waals surface area contributed by atoms with Crippen molar-refractivity contribution >= 4 is 0 Å². The van der Waals surface area contributed by atoms with E-state index in [2.05, 4.69) is 0 Å². The molecule has 0 aliphatic heterocycles. The van der Waals surface area contributed by atoms with Crippen molar-refractivity contribution in [3.8, 4) is 0 Å². The minimum absolute atomic E-state index is 0.976. The average Bonchev–Trinajstić information content (AvgIpc) is 2.22. The molecule has 1 nitrogen and oxygen atoms in total. The van der Waals surface area contributed by atoms with E-state index < -0.39 is 55.7 Å². The van der Waals surface area contributed by atoms with E-state index in [0.717, 1.165) is 0 Å². The molecule has 0 saturated heterocycles. The van der Waals surface area contributed by atoms with Crippen LogP contribution in [-0.2, 0) is 4.74 Å². The van der Waals surface area contributed by atoms with Crippen molar-refractivity contribution in [3.63, 3.8) is 0 Å². The van der Waals surface area contributed by atoms with Crippen molar-refractivity contribution in [3.05, 3.63) is 0 Å². The Labute approximate surface area is 123 Å². The summed E-state index contributed by atoms with van der Waals surface area (Å²) >= 11 is 0. The summed E-state index contributed by atoms with van der Waals surface area (Å²) in [4.78, 5) is 0. The van der Waals surface area contributed by atoms with Crippen LogP contribution in [-0.4, -0.2) is 41.8 Å². The largest absolute Gasteiger partial charge is 0.462 e. The van der Waals surface area contributed by atoms with E-state index in [1.54, 1.807) is 4.74 Å². The first kappa shape index (κ1) is 23.0. The molecule has 0 saturated carbocycles. The molecule has 0 bridgehead atoms. The molecule has 0 radical (unpaired) electrons. The van der Waals surface area contributed by atoms with Gasteiger partial charge in [-0.3, -0.25) is 4.74 Å². The van der Waals surface area contributed by atoms with Crippen LogP contribution >= 0.6 is 0 Å². The van der Waals surface area contributed by atoms with Gasteiger partial charge >= 0.3 is 41.8 Å². The van der Waals surface area contributed by atoms with Crippen LogP contribution in [0.1, 0.15) is 13.8 Å². The van der Waals surface area contributed by atoms with Crippen molar-refractivity contribution in [2.24, 2.45) is 0 Å². The Morgan fingerprint density at radius 3 is 1.04 bits per heavy atom. The Hall–Kier alpha value is -1.02. The molecule has 0 heterocycles. The van der Waals surface area contributed by atoms with Gasteiger partial charge in [-0.2, -0.15) is 52.7 Å². The third-order valence-electron chi connectivity index (χ3n) is 2.51. The summed E-state index contributed by atoms with van der Waals surface area (Å²) in [6.07, 6.45) is -14.7. The molecule has 0 spiro atoms. The SMILES string of the molecule is CC(F)(F)C(F)(F)C(F)(OC(F)(F)C(F)(F)C(F)(F)F)C(C)(F)F. The maximum atomic E-state index is 13.6. The van der Waals surface area contributed by atoms with Gasteiger partial charge in [0.05, 0.1) is 0 Å². The highest BCUT2D eigenvalue weighted by atomic mass is 19.4. The second-order valence-corrected chi connectivity index (χ2v) is 4.64. The van der Waals surface area contributed by atoms with E-state index in [9.17, 15) is 61.5 Å². The molecule has 0 aromatic carbocycles. The Morgan fingerprint density at radius 2 is 0.833 bits per heavy atom. The quantitative estimate of drug-likeness (QED) is 0.546. The van der Waals surface area contributed by atoms with Crippen molar-refractivity contribution in [1.82, 2.24) is 0 Å². The highest BCUT2D eigenvalue weighted by Gasteiger charge is 2.84. The summed E-state index contributed by atoms with van der Waals surface area (Å²) in [6.45, 7) is -2.04. The molecular formula is C9H6F14O. The van der Waals surface area contributed by atoms with Gasteiger partial charge in [-0.15, -0.1) is 0 Å². The van der Waals surface area contributed by atoms with Gasteiger partial charge in [0.1, 0.15) is 0 Å².